The van der Waals surface area contributed by atoms with Crippen molar-refractivity contribution in [3.05, 3.63) is 35.9 Å². The highest BCUT2D eigenvalue weighted by Gasteiger charge is 2.34. The van der Waals surface area contributed by atoms with E-state index < -0.39 is 0 Å². The van der Waals surface area contributed by atoms with Crippen molar-refractivity contribution in [1.82, 2.24) is 4.90 Å². The van der Waals surface area contributed by atoms with Crippen molar-refractivity contribution in [3.63, 3.8) is 0 Å². The van der Waals surface area contributed by atoms with Gasteiger partial charge in [0.1, 0.15) is 0 Å². The van der Waals surface area contributed by atoms with Gasteiger partial charge >= 0.3 is 0 Å². The minimum atomic E-state index is 0.0284. The van der Waals surface area contributed by atoms with Crippen LogP contribution in [-0.2, 0) is 11.2 Å². The number of carbonyl (C=O) groups excluding carboxylic acids is 1. The molecular weight excluding hydrogens is 236 g/mol. The van der Waals surface area contributed by atoms with Crippen LogP contribution in [0.25, 0.3) is 0 Å². The summed E-state index contributed by atoms with van der Waals surface area (Å²) >= 11 is 0. The number of aryl methyl sites for hydroxylation is 1. The van der Waals surface area contributed by atoms with Crippen molar-refractivity contribution in [2.45, 2.75) is 39.2 Å². The molecule has 1 unspecified atom stereocenters. The van der Waals surface area contributed by atoms with Gasteiger partial charge < -0.3 is 10.6 Å². The van der Waals surface area contributed by atoms with Gasteiger partial charge in [-0.3, -0.25) is 4.79 Å². The molecule has 2 rings (SSSR count). The summed E-state index contributed by atoms with van der Waals surface area (Å²) in [7, 11) is 0. The lowest BCUT2D eigenvalue weighted by Crippen LogP contribution is -2.54. The molecule has 3 nitrogen and oxygen atoms in total. The number of amides is 1. The van der Waals surface area contributed by atoms with Crippen LogP contribution in [0.5, 0.6) is 0 Å². The molecule has 0 radical (unpaired) electrons. The van der Waals surface area contributed by atoms with Gasteiger partial charge in [0.05, 0.1) is 0 Å². The molecular formula is C16H24N2O. The Morgan fingerprint density at radius 1 is 1.37 bits per heavy atom. The molecule has 1 aromatic rings. The van der Waals surface area contributed by atoms with Crippen LogP contribution >= 0.6 is 0 Å². The van der Waals surface area contributed by atoms with E-state index in [9.17, 15) is 4.79 Å². The number of piperidine rings is 1. The van der Waals surface area contributed by atoms with Crippen molar-refractivity contribution in [2.24, 2.45) is 11.1 Å². The van der Waals surface area contributed by atoms with E-state index in [1.165, 1.54) is 5.56 Å². The molecule has 3 heteroatoms. The van der Waals surface area contributed by atoms with E-state index in [-0.39, 0.29) is 17.4 Å². The fourth-order valence-electron chi connectivity index (χ4n) is 2.64. The molecule has 1 aliphatic heterocycles. The first-order chi connectivity index (χ1) is 8.99. The Hall–Kier alpha value is -1.35. The van der Waals surface area contributed by atoms with Gasteiger partial charge in [0.25, 0.3) is 0 Å². The van der Waals surface area contributed by atoms with Crippen LogP contribution in [0.1, 0.15) is 32.3 Å². The summed E-state index contributed by atoms with van der Waals surface area (Å²) in [6, 6.07) is 10.4. The number of carbonyl (C=O) groups is 1. The third-order valence-corrected chi connectivity index (χ3v) is 4.14. The molecule has 0 saturated carbocycles. The second-order valence-corrected chi connectivity index (χ2v) is 6.18. The Bertz CT molecular complexity index is 428. The molecule has 1 saturated heterocycles. The van der Waals surface area contributed by atoms with Gasteiger partial charge in [-0.15, -0.1) is 0 Å². The van der Waals surface area contributed by atoms with Gasteiger partial charge in [-0.1, -0.05) is 44.2 Å². The summed E-state index contributed by atoms with van der Waals surface area (Å²) in [6.45, 7) is 5.88. The number of nitrogens with zero attached hydrogens (tertiary/aromatic N) is 1. The lowest BCUT2D eigenvalue weighted by molar-refractivity contribution is -0.134. The van der Waals surface area contributed by atoms with Crippen LogP contribution < -0.4 is 5.73 Å². The molecule has 1 amide bonds. The summed E-state index contributed by atoms with van der Waals surface area (Å²) in [5, 5.41) is 0. The lowest BCUT2D eigenvalue weighted by Gasteiger charge is -2.42. The molecule has 2 N–H and O–H groups in total. The summed E-state index contributed by atoms with van der Waals surface area (Å²) in [4.78, 5) is 14.2. The Morgan fingerprint density at radius 3 is 2.68 bits per heavy atom. The van der Waals surface area contributed by atoms with Crippen molar-refractivity contribution >= 4 is 5.91 Å². The molecule has 0 bridgehead atoms. The molecule has 0 aromatic heterocycles. The average molecular weight is 260 g/mol. The predicted molar refractivity (Wildman–Crippen MR) is 77.7 cm³/mol. The van der Waals surface area contributed by atoms with Gasteiger partial charge in [-0.05, 0) is 23.8 Å². The molecule has 19 heavy (non-hydrogen) atoms. The Labute approximate surface area is 115 Å². The Kier molecular flexibility index (Phi) is 4.25. The number of likely N-dealkylation sites (tertiary alicyclic amines) is 1. The average Bonchev–Trinajstić information content (AvgIpc) is 2.40. The highest BCUT2D eigenvalue weighted by atomic mass is 16.2. The van der Waals surface area contributed by atoms with Crippen LogP contribution in [0.2, 0.25) is 0 Å². The van der Waals surface area contributed by atoms with Crippen LogP contribution in [0.4, 0.5) is 0 Å². The lowest BCUT2D eigenvalue weighted by atomic mass is 9.79. The zero-order chi connectivity index (χ0) is 13.9. The van der Waals surface area contributed by atoms with Crippen molar-refractivity contribution in [1.29, 1.82) is 0 Å². The van der Waals surface area contributed by atoms with Gasteiger partial charge in [-0.2, -0.15) is 0 Å². The highest BCUT2D eigenvalue weighted by Crippen LogP contribution is 2.28. The second-order valence-electron chi connectivity index (χ2n) is 6.18. The monoisotopic (exact) mass is 260 g/mol. The van der Waals surface area contributed by atoms with E-state index in [0.29, 0.717) is 6.42 Å². The fourth-order valence-corrected chi connectivity index (χ4v) is 2.64. The summed E-state index contributed by atoms with van der Waals surface area (Å²) in [6.07, 6.45) is 2.32. The number of benzene rings is 1. The molecule has 1 fully saturated rings. The van der Waals surface area contributed by atoms with Crippen LogP contribution in [0.15, 0.2) is 30.3 Å². The van der Waals surface area contributed by atoms with E-state index in [0.717, 1.165) is 25.9 Å². The van der Waals surface area contributed by atoms with E-state index >= 15 is 0 Å². The number of nitrogens with two attached hydrogens (primary N) is 1. The minimum Gasteiger partial charge on any atom is -0.342 e. The zero-order valence-electron chi connectivity index (χ0n) is 11.9. The molecule has 1 aliphatic rings. The number of hydrogen-bond acceptors (Lipinski definition) is 2. The second kappa shape index (κ2) is 5.74. The Morgan fingerprint density at radius 2 is 2.05 bits per heavy atom. The first-order valence-electron chi connectivity index (χ1n) is 7.06. The summed E-state index contributed by atoms with van der Waals surface area (Å²) < 4.78 is 0. The van der Waals surface area contributed by atoms with Crippen molar-refractivity contribution < 1.29 is 4.79 Å². The molecule has 104 valence electrons. The topological polar surface area (TPSA) is 46.3 Å². The number of hydrogen-bond donors (Lipinski definition) is 1. The molecule has 1 heterocycles. The van der Waals surface area contributed by atoms with E-state index in [4.69, 9.17) is 5.73 Å². The van der Waals surface area contributed by atoms with Gasteiger partial charge in [0.15, 0.2) is 0 Å². The number of rotatable bonds is 3. The third kappa shape index (κ3) is 3.57. The molecule has 0 spiro atoms. The van der Waals surface area contributed by atoms with Gasteiger partial charge in [0.2, 0.25) is 5.91 Å². The first kappa shape index (κ1) is 14.1. The van der Waals surface area contributed by atoms with Crippen molar-refractivity contribution in [2.75, 3.05) is 13.1 Å². The van der Waals surface area contributed by atoms with E-state index in [1.54, 1.807) is 0 Å². The maximum absolute atomic E-state index is 12.3. The molecule has 1 aromatic carbocycles. The summed E-state index contributed by atoms with van der Waals surface area (Å²) in [5.74, 6) is 0.254. The predicted octanol–water partition coefficient (Wildman–Crippen LogP) is 2.21. The third-order valence-electron chi connectivity index (χ3n) is 4.14. The van der Waals surface area contributed by atoms with E-state index in [1.807, 2.05) is 23.1 Å². The zero-order valence-corrected chi connectivity index (χ0v) is 11.9. The molecule has 1 atom stereocenters. The quantitative estimate of drug-likeness (QED) is 0.905. The summed E-state index contributed by atoms with van der Waals surface area (Å²) in [5.41, 5.74) is 7.36. The SMILES string of the molecule is CC1(C)CN(C(=O)CCc2ccccc2)CCC1N. The normalized spacial score (nSPS) is 22.3. The van der Waals surface area contributed by atoms with Crippen LogP contribution in [-0.4, -0.2) is 29.9 Å². The standard InChI is InChI=1S/C16H24N2O/c1-16(2)12-18(11-10-14(16)17)15(19)9-8-13-6-4-3-5-7-13/h3-7,14H,8-12,17H2,1-2H3. The van der Waals surface area contributed by atoms with Gasteiger partial charge in [-0.25, -0.2) is 0 Å². The maximum Gasteiger partial charge on any atom is 0.222 e. The Balaban J connectivity index is 1.87. The van der Waals surface area contributed by atoms with E-state index in [2.05, 4.69) is 26.0 Å². The maximum atomic E-state index is 12.3. The van der Waals surface area contributed by atoms with Gasteiger partial charge in [0, 0.05) is 25.6 Å². The van der Waals surface area contributed by atoms with Crippen LogP contribution in [0, 0.1) is 5.41 Å². The fraction of sp³-hybridized carbons (Fsp3) is 0.562. The first-order valence-corrected chi connectivity index (χ1v) is 7.06. The molecule has 0 aliphatic carbocycles. The van der Waals surface area contributed by atoms with Crippen LogP contribution in [0.3, 0.4) is 0 Å². The highest BCUT2D eigenvalue weighted by molar-refractivity contribution is 5.76. The smallest absolute Gasteiger partial charge is 0.222 e. The minimum absolute atomic E-state index is 0.0284. The largest absolute Gasteiger partial charge is 0.342 e. The van der Waals surface area contributed by atoms with Crippen molar-refractivity contribution in [3.8, 4) is 0 Å².